The first-order valence-electron chi connectivity index (χ1n) is 13.8. The quantitative estimate of drug-likeness (QED) is 0.364. The van der Waals surface area contributed by atoms with Gasteiger partial charge >= 0.3 is 0 Å². The largest absolute Gasteiger partial charge is 0.491 e. The van der Waals surface area contributed by atoms with Gasteiger partial charge in [0.15, 0.2) is 0 Å². The molecule has 1 saturated carbocycles. The van der Waals surface area contributed by atoms with Crippen LogP contribution < -0.4 is 15.4 Å². The molecule has 1 aliphatic carbocycles. The van der Waals surface area contributed by atoms with Gasteiger partial charge in [-0.3, -0.25) is 0 Å². The number of nitrogens with one attached hydrogen (secondary N) is 2. The summed E-state index contributed by atoms with van der Waals surface area (Å²) in [6, 6.07) is 14.1. The van der Waals surface area contributed by atoms with Crippen LogP contribution in [0, 0.1) is 28.6 Å². The van der Waals surface area contributed by atoms with Gasteiger partial charge in [-0.15, -0.1) is 0 Å². The molecule has 3 heterocycles. The van der Waals surface area contributed by atoms with Crippen molar-refractivity contribution in [3.8, 4) is 29.1 Å². The van der Waals surface area contributed by atoms with Crippen LogP contribution in [0.5, 0.6) is 5.75 Å². The fourth-order valence-electron chi connectivity index (χ4n) is 5.51. The molecule has 3 N–H and O–H groups in total. The zero-order valence-corrected chi connectivity index (χ0v) is 22.5. The van der Waals surface area contributed by atoms with Crippen molar-refractivity contribution in [3.05, 3.63) is 58.8 Å². The van der Waals surface area contributed by atoms with E-state index in [9.17, 15) is 15.6 Å². The minimum absolute atomic E-state index is 0.0351. The molecule has 1 atom stereocenters. The Labute approximate surface area is 233 Å². The number of nitrogens with zero attached hydrogens (tertiary/aromatic N) is 4. The van der Waals surface area contributed by atoms with Crippen LogP contribution in [0.3, 0.4) is 0 Å². The highest BCUT2D eigenvalue weighted by atomic mass is 16.5. The summed E-state index contributed by atoms with van der Waals surface area (Å²) in [7, 11) is 0. The molecule has 6 rings (SSSR count). The Hall–Kier alpha value is -4.18. The van der Waals surface area contributed by atoms with Crippen LogP contribution in [-0.2, 0) is 10.2 Å². The lowest BCUT2D eigenvalue weighted by atomic mass is 9.83. The number of benzene rings is 2. The van der Waals surface area contributed by atoms with Crippen LogP contribution in [0.4, 0.5) is 17.3 Å². The predicted octanol–water partition coefficient (Wildman–Crippen LogP) is 4.99. The third kappa shape index (κ3) is 5.06. The van der Waals surface area contributed by atoms with E-state index in [0.29, 0.717) is 66.5 Å². The third-order valence-electron chi connectivity index (χ3n) is 8.22. The zero-order chi connectivity index (χ0) is 27.7. The summed E-state index contributed by atoms with van der Waals surface area (Å²) in [5.74, 6) is 1.88. The van der Waals surface area contributed by atoms with E-state index in [1.54, 1.807) is 12.3 Å². The topological polar surface area (TPSA) is 136 Å². The smallest absolute Gasteiger partial charge is 0.227 e. The first kappa shape index (κ1) is 26.1. The molecule has 2 aliphatic heterocycles. The summed E-state index contributed by atoms with van der Waals surface area (Å²) in [4.78, 5) is 9.20. The summed E-state index contributed by atoms with van der Waals surface area (Å²) < 4.78 is 11.8. The van der Waals surface area contributed by atoms with Gasteiger partial charge in [0.05, 0.1) is 47.5 Å². The maximum absolute atomic E-state index is 10.1. The third-order valence-corrected chi connectivity index (χ3v) is 8.22. The van der Waals surface area contributed by atoms with Crippen molar-refractivity contribution in [1.82, 2.24) is 9.97 Å². The first-order chi connectivity index (χ1) is 19.5. The average Bonchev–Trinajstić information content (AvgIpc) is 3.77. The van der Waals surface area contributed by atoms with E-state index in [2.05, 4.69) is 27.8 Å². The molecule has 204 valence electrons. The number of anilines is 3. The van der Waals surface area contributed by atoms with Crippen LogP contribution in [0.25, 0.3) is 11.3 Å². The Balaban J connectivity index is 1.35. The maximum atomic E-state index is 10.1. The summed E-state index contributed by atoms with van der Waals surface area (Å²) in [6.07, 6.45) is 5.77. The Kier molecular flexibility index (Phi) is 7.02. The second kappa shape index (κ2) is 10.8. The highest BCUT2D eigenvalue weighted by Crippen LogP contribution is 2.42. The van der Waals surface area contributed by atoms with Gasteiger partial charge in [-0.25, -0.2) is 9.97 Å². The van der Waals surface area contributed by atoms with E-state index in [-0.39, 0.29) is 12.5 Å². The molecule has 9 nitrogen and oxygen atoms in total. The Morgan fingerprint density at radius 2 is 1.93 bits per heavy atom. The fourth-order valence-corrected chi connectivity index (χ4v) is 5.51. The summed E-state index contributed by atoms with van der Waals surface area (Å²) in [5, 5.41) is 36.5. The average molecular weight is 537 g/mol. The minimum atomic E-state index is -0.487. The lowest BCUT2D eigenvalue weighted by Crippen LogP contribution is -2.28. The molecule has 3 aliphatic rings. The number of hydrogen-bond donors (Lipinski definition) is 3. The number of rotatable bonds is 8. The first-order valence-corrected chi connectivity index (χ1v) is 13.8. The highest BCUT2D eigenvalue weighted by molar-refractivity contribution is 5.77. The molecule has 0 radical (unpaired) electrons. The van der Waals surface area contributed by atoms with Gasteiger partial charge in [-0.1, -0.05) is 6.92 Å². The monoisotopic (exact) mass is 536 g/mol. The van der Waals surface area contributed by atoms with Crippen molar-refractivity contribution >= 4 is 17.3 Å². The van der Waals surface area contributed by atoms with Crippen LogP contribution >= 0.6 is 0 Å². The van der Waals surface area contributed by atoms with Gasteiger partial charge in [0, 0.05) is 36.9 Å². The molecule has 40 heavy (non-hydrogen) atoms. The standard InChI is InChI=1S/C31H32N6O3/c1-31(18-38)17-35-29-23(15-33)10-21(11-25(29)31)26-4-7-34-30(36-26)37-27-12-22(14-32)24(20-5-8-39-9-6-20)13-28(27)40-16-19-2-3-19/h4,7,10-13,19-20,35,38H,2-3,5-6,8-9,16-18H2,1H3,(H,34,36,37). The van der Waals surface area contributed by atoms with Crippen molar-refractivity contribution < 1.29 is 14.6 Å². The normalized spacial score (nSPS) is 20.2. The Morgan fingerprint density at radius 1 is 1.12 bits per heavy atom. The van der Waals surface area contributed by atoms with Gasteiger partial charge in [0.25, 0.3) is 0 Å². The molecule has 3 aromatic rings. The second-order valence-corrected chi connectivity index (χ2v) is 11.2. The molecule has 1 saturated heterocycles. The van der Waals surface area contributed by atoms with Gasteiger partial charge in [-0.05, 0) is 79.0 Å². The Morgan fingerprint density at radius 3 is 2.65 bits per heavy atom. The van der Waals surface area contributed by atoms with Crippen LogP contribution in [0.2, 0.25) is 0 Å². The molecule has 0 spiro atoms. The van der Waals surface area contributed by atoms with E-state index in [1.165, 1.54) is 12.8 Å². The van der Waals surface area contributed by atoms with Crippen molar-refractivity contribution in [2.45, 2.75) is 43.9 Å². The molecule has 9 heteroatoms. The number of hydrogen-bond acceptors (Lipinski definition) is 9. The number of aromatic nitrogens is 2. The molecule has 1 unspecified atom stereocenters. The van der Waals surface area contributed by atoms with Crippen LogP contribution in [0.15, 0.2) is 36.5 Å². The van der Waals surface area contributed by atoms with Gasteiger partial charge in [-0.2, -0.15) is 10.5 Å². The number of nitriles is 2. The zero-order valence-electron chi connectivity index (χ0n) is 22.5. The number of ether oxygens (including phenoxy) is 2. The van der Waals surface area contributed by atoms with Gasteiger partial charge in [0.2, 0.25) is 5.95 Å². The summed E-state index contributed by atoms with van der Waals surface area (Å²) in [5.41, 5.74) is 5.35. The van der Waals surface area contributed by atoms with Crippen LogP contribution in [-0.4, -0.2) is 48.0 Å². The highest BCUT2D eigenvalue weighted by Gasteiger charge is 2.36. The van der Waals surface area contributed by atoms with Crippen molar-refractivity contribution in [2.75, 3.05) is 43.6 Å². The van der Waals surface area contributed by atoms with Gasteiger partial charge < -0.3 is 25.2 Å². The number of aliphatic hydroxyl groups is 1. The summed E-state index contributed by atoms with van der Waals surface area (Å²) in [6.45, 7) is 4.52. The minimum Gasteiger partial charge on any atom is -0.491 e. The summed E-state index contributed by atoms with van der Waals surface area (Å²) >= 11 is 0. The molecule has 0 bridgehead atoms. The molecule has 2 fully saturated rings. The second-order valence-electron chi connectivity index (χ2n) is 11.2. The van der Waals surface area contributed by atoms with E-state index in [0.717, 1.165) is 35.2 Å². The van der Waals surface area contributed by atoms with Crippen molar-refractivity contribution in [3.63, 3.8) is 0 Å². The lowest BCUT2D eigenvalue weighted by molar-refractivity contribution is 0.0852. The van der Waals surface area contributed by atoms with E-state index in [4.69, 9.17) is 14.5 Å². The van der Waals surface area contributed by atoms with Crippen molar-refractivity contribution in [1.29, 1.82) is 10.5 Å². The number of fused-ring (bicyclic) bond motifs is 1. The lowest BCUT2D eigenvalue weighted by Gasteiger charge is -2.25. The molecule has 1 aromatic heterocycles. The van der Waals surface area contributed by atoms with Crippen LogP contribution in [0.1, 0.15) is 60.8 Å². The van der Waals surface area contributed by atoms with E-state index >= 15 is 0 Å². The molecule has 2 aromatic carbocycles. The van der Waals surface area contributed by atoms with Gasteiger partial charge in [0.1, 0.15) is 11.8 Å². The van der Waals surface area contributed by atoms with E-state index in [1.807, 2.05) is 31.2 Å². The molecular formula is C31H32N6O3. The molecular weight excluding hydrogens is 504 g/mol. The van der Waals surface area contributed by atoms with E-state index < -0.39 is 5.41 Å². The maximum Gasteiger partial charge on any atom is 0.227 e. The van der Waals surface area contributed by atoms with Crippen molar-refractivity contribution in [2.24, 2.45) is 5.92 Å². The molecule has 0 amide bonds. The predicted molar refractivity (Wildman–Crippen MR) is 151 cm³/mol. The Bertz CT molecular complexity index is 1520. The SMILES string of the molecule is CC1(CO)CNc2c(C#N)cc(-c3ccnc(Nc4cc(C#N)c(C5CCOCC5)cc4OCC4CC4)n3)cc21. The fraction of sp³-hybridized carbons (Fsp3) is 0.419. The number of aliphatic hydroxyl groups excluding tert-OH is 1.